The van der Waals surface area contributed by atoms with E-state index in [0.717, 1.165) is 36.0 Å². The first-order chi connectivity index (χ1) is 9.65. The van der Waals surface area contributed by atoms with Gasteiger partial charge in [0.05, 0.1) is 6.10 Å². The molecule has 0 aromatic heterocycles. The first-order valence-corrected chi connectivity index (χ1v) is 7.46. The van der Waals surface area contributed by atoms with Crippen molar-refractivity contribution in [2.45, 2.75) is 25.5 Å². The van der Waals surface area contributed by atoms with E-state index in [-0.39, 0.29) is 6.61 Å². The fraction of sp³-hybridized carbons (Fsp3) is 0.500. The second-order valence-corrected chi connectivity index (χ2v) is 5.69. The van der Waals surface area contributed by atoms with Crippen LogP contribution in [-0.4, -0.2) is 31.8 Å². The molecule has 0 radical (unpaired) electrons. The lowest BCUT2D eigenvalue weighted by molar-refractivity contribution is -0.119. The maximum Gasteiger partial charge on any atom is 0.255 e. The van der Waals surface area contributed by atoms with E-state index in [1.54, 1.807) is 0 Å². The van der Waals surface area contributed by atoms with Gasteiger partial charge in [0, 0.05) is 29.7 Å². The Kier molecular flexibility index (Phi) is 5.82. The third-order valence-electron chi connectivity index (χ3n) is 3.10. The zero-order valence-electron chi connectivity index (χ0n) is 11.2. The highest BCUT2D eigenvalue weighted by molar-refractivity contribution is 9.10. The Labute approximate surface area is 126 Å². The molecule has 1 aromatic carbocycles. The number of nitrogens with two attached hydrogens (primary N) is 1. The molecule has 1 aliphatic rings. The fourth-order valence-corrected chi connectivity index (χ4v) is 2.56. The van der Waals surface area contributed by atoms with E-state index in [4.69, 9.17) is 15.2 Å². The number of primary amides is 1. The predicted octanol–water partition coefficient (Wildman–Crippen LogP) is 1.58. The summed E-state index contributed by atoms with van der Waals surface area (Å²) in [5, 5.41) is 3.36. The molecule has 5 nitrogen and oxygen atoms in total. The molecule has 1 fully saturated rings. The molecular formula is C14H19BrN2O3. The lowest BCUT2D eigenvalue weighted by Gasteiger charge is -2.14. The minimum Gasteiger partial charge on any atom is -0.483 e. The zero-order chi connectivity index (χ0) is 14.4. The number of carbonyl (C=O) groups is 1. The van der Waals surface area contributed by atoms with Crippen molar-refractivity contribution in [1.82, 2.24) is 5.32 Å². The van der Waals surface area contributed by atoms with Gasteiger partial charge >= 0.3 is 0 Å². The Morgan fingerprint density at radius 3 is 3.10 bits per heavy atom. The molecule has 6 heteroatoms. The molecule has 1 saturated heterocycles. The number of rotatable bonds is 7. The van der Waals surface area contributed by atoms with Gasteiger partial charge in [0.1, 0.15) is 5.75 Å². The van der Waals surface area contributed by atoms with Crippen molar-refractivity contribution in [3.05, 3.63) is 28.2 Å². The highest BCUT2D eigenvalue weighted by Crippen LogP contribution is 2.23. The normalized spacial score (nSPS) is 18.1. The van der Waals surface area contributed by atoms with Gasteiger partial charge in [0.25, 0.3) is 5.91 Å². The summed E-state index contributed by atoms with van der Waals surface area (Å²) in [6.07, 6.45) is 2.55. The third kappa shape index (κ3) is 4.77. The number of hydrogen-bond donors (Lipinski definition) is 2. The van der Waals surface area contributed by atoms with Gasteiger partial charge in [-0.05, 0) is 31.0 Å². The van der Waals surface area contributed by atoms with Crippen LogP contribution in [-0.2, 0) is 16.1 Å². The summed E-state index contributed by atoms with van der Waals surface area (Å²) in [7, 11) is 0. The molecule has 1 aliphatic heterocycles. The molecule has 0 bridgehead atoms. The van der Waals surface area contributed by atoms with E-state index in [9.17, 15) is 4.79 Å². The largest absolute Gasteiger partial charge is 0.483 e. The number of amides is 1. The number of nitrogens with one attached hydrogen (secondary N) is 1. The van der Waals surface area contributed by atoms with Gasteiger partial charge < -0.3 is 20.5 Å². The Bertz CT molecular complexity index is 462. The van der Waals surface area contributed by atoms with Crippen LogP contribution < -0.4 is 15.8 Å². The smallest absolute Gasteiger partial charge is 0.255 e. The van der Waals surface area contributed by atoms with Crippen LogP contribution in [0.3, 0.4) is 0 Å². The number of halogens is 1. The SMILES string of the molecule is NC(=O)COc1ccc(Br)cc1CNCC1CCCO1. The Morgan fingerprint density at radius 2 is 2.40 bits per heavy atom. The second kappa shape index (κ2) is 7.61. The predicted molar refractivity (Wildman–Crippen MR) is 79.5 cm³/mol. The van der Waals surface area contributed by atoms with Crippen LogP contribution in [0.25, 0.3) is 0 Å². The van der Waals surface area contributed by atoms with Gasteiger partial charge in [-0.15, -0.1) is 0 Å². The van der Waals surface area contributed by atoms with Gasteiger partial charge in [0.2, 0.25) is 0 Å². The summed E-state index contributed by atoms with van der Waals surface area (Å²) >= 11 is 3.43. The summed E-state index contributed by atoms with van der Waals surface area (Å²) < 4.78 is 11.9. The van der Waals surface area contributed by atoms with E-state index in [0.29, 0.717) is 18.4 Å². The van der Waals surface area contributed by atoms with Crippen molar-refractivity contribution < 1.29 is 14.3 Å². The monoisotopic (exact) mass is 342 g/mol. The quantitative estimate of drug-likeness (QED) is 0.788. The van der Waals surface area contributed by atoms with Gasteiger partial charge in [-0.2, -0.15) is 0 Å². The maximum atomic E-state index is 10.8. The molecular weight excluding hydrogens is 324 g/mol. The second-order valence-electron chi connectivity index (χ2n) is 4.77. The minimum absolute atomic E-state index is 0.111. The number of ether oxygens (including phenoxy) is 2. The Hall–Kier alpha value is -1.11. The van der Waals surface area contributed by atoms with Crippen LogP contribution >= 0.6 is 15.9 Å². The Morgan fingerprint density at radius 1 is 1.55 bits per heavy atom. The topological polar surface area (TPSA) is 73.6 Å². The molecule has 1 heterocycles. The molecule has 0 spiro atoms. The van der Waals surface area contributed by atoms with E-state index < -0.39 is 5.91 Å². The summed E-state index contributed by atoms with van der Waals surface area (Å²) in [6, 6.07) is 5.68. The van der Waals surface area contributed by atoms with E-state index >= 15 is 0 Å². The third-order valence-corrected chi connectivity index (χ3v) is 3.60. The molecule has 1 unspecified atom stereocenters. The lowest BCUT2D eigenvalue weighted by atomic mass is 10.2. The van der Waals surface area contributed by atoms with Crippen LogP contribution in [0.1, 0.15) is 18.4 Å². The number of carbonyl (C=O) groups excluding carboxylic acids is 1. The Balaban J connectivity index is 1.90. The van der Waals surface area contributed by atoms with Crippen molar-refractivity contribution in [2.24, 2.45) is 5.73 Å². The van der Waals surface area contributed by atoms with Crippen LogP contribution in [0.2, 0.25) is 0 Å². The van der Waals surface area contributed by atoms with Crippen LogP contribution in [0.5, 0.6) is 5.75 Å². The van der Waals surface area contributed by atoms with Gasteiger partial charge in [-0.1, -0.05) is 15.9 Å². The summed E-state index contributed by atoms with van der Waals surface area (Å²) in [5.74, 6) is 0.193. The summed E-state index contributed by atoms with van der Waals surface area (Å²) in [5.41, 5.74) is 6.08. The van der Waals surface area contributed by atoms with E-state index in [1.165, 1.54) is 0 Å². The van der Waals surface area contributed by atoms with Crippen LogP contribution in [0.15, 0.2) is 22.7 Å². The first-order valence-electron chi connectivity index (χ1n) is 6.67. The molecule has 110 valence electrons. The summed E-state index contributed by atoms with van der Waals surface area (Å²) in [4.78, 5) is 10.8. The lowest BCUT2D eigenvalue weighted by Crippen LogP contribution is -2.26. The van der Waals surface area contributed by atoms with Crippen LogP contribution in [0.4, 0.5) is 0 Å². The molecule has 0 saturated carbocycles. The van der Waals surface area contributed by atoms with E-state index in [2.05, 4.69) is 21.2 Å². The molecule has 2 rings (SSSR count). The van der Waals surface area contributed by atoms with E-state index in [1.807, 2.05) is 18.2 Å². The van der Waals surface area contributed by atoms with Crippen molar-refractivity contribution >= 4 is 21.8 Å². The average molecular weight is 343 g/mol. The van der Waals surface area contributed by atoms with Crippen molar-refractivity contribution in [3.63, 3.8) is 0 Å². The maximum absolute atomic E-state index is 10.8. The number of hydrogen-bond acceptors (Lipinski definition) is 4. The molecule has 0 aliphatic carbocycles. The minimum atomic E-state index is -0.480. The average Bonchev–Trinajstić information content (AvgIpc) is 2.91. The molecule has 1 atom stereocenters. The standard InChI is InChI=1S/C14H19BrN2O3/c15-11-3-4-13(20-9-14(16)18)10(6-11)7-17-8-12-2-1-5-19-12/h3-4,6,12,17H,1-2,5,7-9H2,(H2,16,18). The molecule has 20 heavy (non-hydrogen) atoms. The molecule has 1 amide bonds. The first kappa shape index (κ1) is 15.3. The highest BCUT2D eigenvalue weighted by Gasteiger charge is 2.15. The van der Waals surface area contributed by atoms with Gasteiger partial charge in [-0.25, -0.2) is 0 Å². The van der Waals surface area contributed by atoms with Crippen LogP contribution in [0, 0.1) is 0 Å². The zero-order valence-corrected chi connectivity index (χ0v) is 12.8. The van der Waals surface area contributed by atoms with Gasteiger partial charge in [0.15, 0.2) is 6.61 Å². The fourth-order valence-electron chi connectivity index (χ4n) is 2.15. The van der Waals surface area contributed by atoms with Crippen molar-refractivity contribution in [2.75, 3.05) is 19.8 Å². The number of benzene rings is 1. The van der Waals surface area contributed by atoms with Crippen molar-refractivity contribution in [3.8, 4) is 5.75 Å². The highest BCUT2D eigenvalue weighted by atomic mass is 79.9. The molecule has 1 aromatic rings. The van der Waals surface area contributed by atoms with Gasteiger partial charge in [-0.3, -0.25) is 4.79 Å². The summed E-state index contributed by atoms with van der Waals surface area (Å²) in [6.45, 7) is 2.23. The van der Waals surface area contributed by atoms with Crippen molar-refractivity contribution in [1.29, 1.82) is 0 Å². The molecule has 3 N–H and O–H groups in total.